The first-order valence-corrected chi connectivity index (χ1v) is 13.6. The van der Waals surface area contributed by atoms with Gasteiger partial charge in [0.15, 0.2) is 0 Å². The van der Waals surface area contributed by atoms with Gasteiger partial charge in [-0.1, -0.05) is 36.9 Å². The number of carbonyl (C=O) groups is 2. The highest BCUT2D eigenvalue weighted by atomic mass is 32.2. The average Bonchev–Trinajstić information content (AvgIpc) is 3.47. The molecule has 2 aromatic carbocycles. The van der Waals surface area contributed by atoms with Crippen LogP contribution in [0.4, 0.5) is 11.4 Å². The fraction of sp³-hybridized carbons (Fsp3) is 0.233. The molecule has 3 N–H and O–H groups in total. The van der Waals surface area contributed by atoms with Gasteiger partial charge in [0.1, 0.15) is 11.5 Å². The molecule has 0 spiro atoms. The van der Waals surface area contributed by atoms with E-state index in [0.717, 1.165) is 17.7 Å². The number of ether oxygens (including phenoxy) is 1. The smallest absolute Gasteiger partial charge is 0.254 e. The van der Waals surface area contributed by atoms with Crippen molar-refractivity contribution in [2.45, 2.75) is 33.1 Å². The Balaban J connectivity index is 1.55. The lowest BCUT2D eigenvalue weighted by Gasteiger charge is -2.28. The van der Waals surface area contributed by atoms with Gasteiger partial charge in [0.25, 0.3) is 5.91 Å². The maximum absolute atomic E-state index is 13.5. The highest BCUT2D eigenvalue weighted by Gasteiger charge is 2.36. The number of benzene rings is 2. The van der Waals surface area contributed by atoms with Gasteiger partial charge in [0, 0.05) is 17.1 Å². The molecule has 2 amide bonds. The summed E-state index contributed by atoms with van der Waals surface area (Å²) in [6.07, 6.45) is 2.31. The maximum atomic E-state index is 13.5. The van der Waals surface area contributed by atoms with Gasteiger partial charge >= 0.3 is 0 Å². The second-order valence-corrected chi connectivity index (χ2v) is 9.71. The first-order valence-electron chi connectivity index (χ1n) is 12.6. The van der Waals surface area contributed by atoms with Gasteiger partial charge in [0.05, 0.1) is 46.8 Å². The lowest BCUT2D eigenvalue weighted by Crippen LogP contribution is -2.31. The van der Waals surface area contributed by atoms with Gasteiger partial charge in [-0.3, -0.25) is 9.59 Å². The summed E-state index contributed by atoms with van der Waals surface area (Å²) in [7, 11) is 0. The Morgan fingerprint density at radius 2 is 1.85 bits per heavy atom. The van der Waals surface area contributed by atoms with E-state index in [0.29, 0.717) is 45.7 Å². The Labute approximate surface area is 232 Å². The molecule has 3 aromatic rings. The van der Waals surface area contributed by atoms with Gasteiger partial charge in [-0.2, -0.15) is 5.26 Å². The molecule has 8 nitrogen and oxygen atoms in total. The molecular formula is C30H30N4O4S. The number of hydrogen-bond acceptors (Lipinski definition) is 7. The standard InChI is InChI=1S/C30H30N4O4S/c1-4-20-9-6-7-10-24(20)34-26(35)18-39-30-23(17-31)28(25-11-8-16-38-25)27(19(3)32-30)29(36)33-21-12-14-22(15-13-21)37-5-2/h6-16,28,32H,4-5,18H2,1-3H3,(H,33,36)(H,34,35)/t28-/m1/s1. The lowest BCUT2D eigenvalue weighted by atomic mass is 9.85. The van der Waals surface area contributed by atoms with Crippen molar-refractivity contribution in [3.8, 4) is 11.8 Å². The maximum Gasteiger partial charge on any atom is 0.254 e. The second kappa shape index (κ2) is 12.9. The number of anilines is 2. The molecule has 0 unspecified atom stereocenters. The van der Waals surface area contributed by atoms with Crippen LogP contribution in [0.5, 0.6) is 5.75 Å². The highest BCUT2D eigenvalue weighted by molar-refractivity contribution is 8.03. The summed E-state index contributed by atoms with van der Waals surface area (Å²) in [5, 5.41) is 19.8. The molecule has 1 aliphatic heterocycles. The van der Waals surface area contributed by atoms with E-state index in [9.17, 15) is 14.9 Å². The van der Waals surface area contributed by atoms with E-state index in [-0.39, 0.29) is 17.6 Å². The van der Waals surface area contributed by atoms with Gasteiger partial charge in [-0.25, -0.2) is 0 Å². The minimum atomic E-state index is -0.736. The number of para-hydroxylation sites is 1. The number of amides is 2. The van der Waals surface area contributed by atoms with Crippen LogP contribution in [-0.2, 0) is 16.0 Å². The summed E-state index contributed by atoms with van der Waals surface area (Å²) < 4.78 is 11.1. The molecule has 4 rings (SSSR count). The van der Waals surface area contributed by atoms with E-state index in [1.165, 1.54) is 18.0 Å². The Morgan fingerprint density at radius 1 is 1.08 bits per heavy atom. The van der Waals surface area contributed by atoms with Gasteiger partial charge in [0.2, 0.25) is 5.91 Å². The Bertz CT molecular complexity index is 1440. The Kier molecular flexibility index (Phi) is 9.13. The predicted molar refractivity (Wildman–Crippen MR) is 153 cm³/mol. The van der Waals surface area contributed by atoms with Crippen LogP contribution in [0.1, 0.15) is 38.0 Å². The van der Waals surface area contributed by atoms with Crippen molar-refractivity contribution in [3.05, 3.63) is 100 Å². The van der Waals surface area contributed by atoms with Crippen molar-refractivity contribution >= 4 is 35.0 Å². The number of nitrogens with one attached hydrogen (secondary N) is 3. The number of carbonyl (C=O) groups excluding carboxylic acids is 2. The monoisotopic (exact) mass is 542 g/mol. The van der Waals surface area contributed by atoms with E-state index in [1.54, 1.807) is 43.3 Å². The number of furan rings is 1. The zero-order chi connectivity index (χ0) is 27.8. The molecule has 9 heteroatoms. The minimum absolute atomic E-state index is 0.0808. The number of nitrogens with zero attached hydrogens (tertiary/aromatic N) is 1. The number of thioether (sulfide) groups is 1. The van der Waals surface area contributed by atoms with E-state index in [2.05, 4.69) is 22.0 Å². The molecule has 0 fully saturated rings. The van der Waals surface area contributed by atoms with Crippen molar-refractivity contribution in [2.24, 2.45) is 0 Å². The molecule has 1 aliphatic rings. The largest absolute Gasteiger partial charge is 0.494 e. The summed E-state index contributed by atoms with van der Waals surface area (Å²) in [6, 6.07) is 20.4. The molecule has 1 atom stereocenters. The average molecular weight is 543 g/mol. The molecule has 0 radical (unpaired) electrons. The Hall–Kier alpha value is -4.42. The van der Waals surface area contributed by atoms with Crippen LogP contribution in [0.3, 0.4) is 0 Å². The number of rotatable bonds is 10. The van der Waals surface area contributed by atoms with Crippen LogP contribution in [0.15, 0.2) is 93.2 Å². The summed E-state index contributed by atoms with van der Waals surface area (Å²) in [5.41, 5.74) is 3.64. The van der Waals surface area contributed by atoms with E-state index in [4.69, 9.17) is 9.15 Å². The first-order chi connectivity index (χ1) is 18.9. The van der Waals surface area contributed by atoms with Gasteiger partial charge < -0.3 is 25.1 Å². The zero-order valence-electron chi connectivity index (χ0n) is 22.0. The molecule has 200 valence electrons. The fourth-order valence-electron chi connectivity index (χ4n) is 4.34. The van der Waals surface area contributed by atoms with Crippen molar-refractivity contribution in [1.82, 2.24) is 5.32 Å². The van der Waals surface area contributed by atoms with E-state index < -0.39 is 5.92 Å². The topological polar surface area (TPSA) is 116 Å². The number of allylic oxidation sites excluding steroid dienone is 2. The third-order valence-corrected chi connectivity index (χ3v) is 7.18. The molecule has 0 aliphatic carbocycles. The molecule has 0 saturated carbocycles. The van der Waals surface area contributed by atoms with E-state index in [1.807, 2.05) is 38.1 Å². The molecule has 39 heavy (non-hydrogen) atoms. The van der Waals surface area contributed by atoms with Gasteiger partial charge in [-0.15, -0.1) is 0 Å². The number of aryl methyl sites for hydroxylation is 1. The van der Waals surface area contributed by atoms with E-state index >= 15 is 0 Å². The highest BCUT2D eigenvalue weighted by Crippen LogP contribution is 2.41. The fourth-order valence-corrected chi connectivity index (χ4v) is 5.23. The third kappa shape index (κ3) is 6.54. The van der Waals surface area contributed by atoms with Crippen molar-refractivity contribution < 1.29 is 18.7 Å². The predicted octanol–water partition coefficient (Wildman–Crippen LogP) is 5.95. The third-order valence-electron chi connectivity index (χ3n) is 6.16. The van der Waals surface area contributed by atoms with Crippen LogP contribution in [0.2, 0.25) is 0 Å². The summed E-state index contributed by atoms with van der Waals surface area (Å²) in [4.78, 5) is 26.3. The molecule has 2 heterocycles. The summed E-state index contributed by atoms with van der Waals surface area (Å²) in [5.74, 6) is -0.0440. The normalized spacial score (nSPS) is 14.9. The lowest BCUT2D eigenvalue weighted by molar-refractivity contribution is -0.114. The SMILES string of the molecule is CCOc1ccc(NC(=O)C2=C(C)NC(SCC(=O)Nc3ccccc3CC)=C(C#N)[C@@H]2c2ccco2)cc1. The second-order valence-electron chi connectivity index (χ2n) is 8.73. The molecule has 1 aromatic heterocycles. The molecular weight excluding hydrogens is 512 g/mol. The number of dihydropyridines is 1. The quantitative estimate of drug-likeness (QED) is 0.290. The summed E-state index contributed by atoms with van der Waals surface area (Å²) >= 11 is 1.21. The van der Waals surface area contributed by atoms with Crippen LogP contribution in [-0.4, -0.2) is 24.2 Å². The number of hydrogen-bond donors (Lipinski definition) is 3. The van der Waals surface area contributed by atoms with Crippen molar-refractivity contribution in [2.75, 3.05) is 23.0 Å². The van der Waals surface area contributed by atoms with Crippen LogP contribution < -0.4 is 20.7 Å². The minimum Gasteiger partial charge on any atom is -0.494 e. The van der Waals surface area contributed by atoms with Gasteiger partial charge in [-0.05, 0) is 68.3 Å². The van der Waals surface area contributed by atoms with Crippen LogP contribution in [0, 0.1) is 11.3 Å². The number of nitriles is 1. The zero-order valence-corrected chi connectivity index (χ0v) is 22.9. The molecule has 0 bridgehead atoms. The van der Waals surface area contributed by atoms with Crippen molar-refractivity contribution in [1.29, 1.82) is 5.26 Å². The van der Waals surface area contributed by atoms with Crippen LogP contribution in [0.25, 0.3) is 0 Å². The molecule has 0 saturated heterocycles. The Morgan fingerprint density at radius 3 is 2.51 bits per heavy atom. The first kappa shape index (κ1) is 27.6. The van der Waals surface area contributed by atoms with Crippen molar-refractivity contribution in [3.63, 3.8) is 0 Å². The van der Waals surface area contributed by atoms with Crippen LogP contribution >= 0.6 is 11.8 Å². The summed E-state index contributed by atoms with van der Waals surface area (Å²) in [6.45, 7) is 6.25.